The zero-order valence-corrected chi connectivity index (χ0v) is 8.58. The molecule has 0 heterocycles. The predicted octanol–water partition coefficient (Wildman–Crippen LogP) is -0.286. The maximum Gasteiger partial charge on any atom is 0.224 e. The van der Waals surface area contributed by atoms with Crippen molar-refractivity contribution in [2.24, 2.45) is 17.6 Å². The lowest BCUT2D eigenvalue weighted by molar-refractivity contribution is -0.126. The van der Waals surface area contributed by atoms with Gasteiger partial charge in [0.2, 0.25) is 5.91 Å². The van der Waals surface area contributed by atoms with Gasteiger partial charge >= 0.3 is 0 Å². The summed E-state index contributed by atoms with van der Waals surface area (Å²) in [6, 6.07) is 0. The lowest BCUT2D eigenvalue weighted by Crippen LogP contribution is -2.40. The van der Waals surface area contributed by atoms with Gasteiger partial charge in [0, 0.05) is 13.1 Å². The summed E-state index contributed by atoms with van der Waals surface area (Å²) >= 11 is 0. The molecule has 78 valence electrons. The average molecular weight is 188 g/mol. The van der Waals surface area contributed by atoms with Crippen molar-refractivity contribution in [2.75, 3.05) is 13.1 Å². The fourth-order valence-corrected chi connectivity index (χ4v) is 1.06. The van der Waals surface area contributed by atoms with Gasteiger partial charge in [-0.3, -0.25) is 4.79 Å². The first-order valence-corrected chi connectivity index (χ1v) is 4.64. The Morgan fingerprint density at radius 3 is 2.31 bits per heavy atom. The van der Waals surface area contributed by atoms with E-state index in [0.717, 1.165) is 0 Å². The van der Waals surface area contributed by atoms with Crippen LogP contribution >= 0.6 is 0 Å². The topological polar surface area (TPSA) is 75.4 Å². The maximum absolute atomic E-state index is 11.4. The van der Waals surface area contributed by atoms with Crippen molar-refractivity contribution in [3.8, 4) is 0 Å². The Morgan fingerprint density at radius 2 is 2.00 bits per heavy atom. The lowest BCUT2D eigenvalue weighted by Gasteiger charge is -2.18. The van der Waals surface area contributed by atoms with Crippen LogP contribution in [-0.4, -0.2) is 30.2 Å². The van der Waals surface area contributed by atoms with E-state index in [9.17, 15) is 4.79 Å². The van der Waals surface area contributed by atoms with E-state index in [1.54, 1.807) is 6.92 Å². The van der Waals surface area contributed by atoms with E-state index in [1.807, 2.05) is 13.8 Å². The third kappa shape index (κ3) is 4.85. The fourth-order valence-electron chi connectivity index (χ4n) is 1.06. The van der Waals surface area contributed by atoms with Crippen molar-refractivity contribution in [3.63, 3.8) is 0 Å². The number of carbonyl (C=O) groups is 1. The fraction of sp³-hybridized carbons (Fsp3) is 0.889. The number of hydrogen-bond donors (Lipinski definition) is 3. The minimum atomic E-state index is -0.505. The standard InChI is InChI=1S/C9H20N2O2/c1-6(2)8(4-10)9(13)11-5-7(3)12/h6-8,12H,4-5,10H2,1-3H3,(H,11,13)/t7-,8?/m0/s1. The molecule has 0 fully saturated rings. The summed E-state index contributed by atoms with van der Waals surface area (Å²) in [6.07, 6.45) is -0.505. The van der Waals surface area contributed by atoms with Crippen LogP contribution in [-0.2, 0) is 4.79 Å². The Bertz CT molecular complexity index is 158. The molecule has 0 aromatic rings. The van der Waals surface area contributed by atoms with Crippen LogP contribution < -0.4 is 11.1 Å². The highest BCUT2D eigenvalue weighted by Crippen LogP contribution is 2.08. The number of aliphatic hydroxyl groups excluding tert-OH is 1. The third-order valence-corrected chi connectivity index (χ3v) is 1.97. The van der Waals surface area contributed by atoms with Gasteiger partial charge < -0.3 is 16.2 Å². The second-order valence-corrected chi connectivity index (χ2v) is 3.68. The Balaban J connectivity index is 3.92. The molecule has 0 aliphatic rings. The van der Waals surface area contributed by atoms with Crippen molar-refractivity contribution in [1.82, 2.24) is 5.32 Å². The summed E-state index contributed by atoms with van der Waals surface area (Å²) in [4.78, 5) is 11.4. The zero-order chi connectivity index (χ0) is 10.4. The smallest absolute Gasteiger partial charge is 0.224 e. The highest BCUT2D eigenvalue weighted by molar-refractivity contribution is 5.79. The first kappa shape index (κ1) is 12.4. The molecule has 0 rings (SSSR count). The summed E-state index contributed by atoms with van der Waals surface area (Å²) in [5.41, 5.74) is 5.46. The van der Waals surface area contributed by atoms with Crippen molar-refractivity contribution in [2.45, 2.75) is 26.9 Å². The Kier molecular flexibility index (Phi) is 5.66. The maximum atomic E-state index is 11.4. The van der Waals surface area contributed by atoms with Gasteiger partial charge in [-0.05, 0) is 12.8 Å². The SMILES string of the molecule is CC(C)C(CN)C(=O)NC[C@H](C)O. The molecule has 0 radical (unpaired) electrons. The zero-order valence-electron chi connectivity index (χ0n) is 8.58. The van der Waals surface area contributed by atoms with Crippen molar-refractivity contribution >= 4 is 5.91 Å². The molecule has 1 unspecified atom stereocenters. The van der Waals surface area contributed by atoms with Crippen LogP contribution in [0, 0.1) is 11.8 Å². The molecule has 0 aromatic heterocycles. The van der Waals surface area contributed by atoms with Crippen LogP contribution in [0.5, 0.6) is 0 Å². The predicted molar refractivity (Wildman–Crippen MR) is 52.1 cm³/mol. The minimum Gasteiger partial charge on any atom is -0.392 e. The number of amides is 1. The molecule has 4 nitrogen and oxygen atoms in total. The van der Waals surface area contributed by atoms with Gasteiger partial charge in [0.25, 0.3) is 0 Å². The van der Waals surface area contributed by atoms with Gasteiger partial charge in [-0.1, -0.05) is 13.8 Å². The van der Waals surface area contributed by atoms with Gasteiger partial charge in [0.15, 0.2) is 0 Å². The van der Waals surface area contributed by atoms with Crippen molar-refractivity contribution in [1.29, 1.82) is 0 Å². The molecule has 0 bridgehead atoms. The molecule has 4 heteroatoms. The van der Waals surface area contributed by atoms with E-state index in [2.05, 4.69) is 5.32 Å². The first-order chi connectivity index (χ1) is 5.99. The quantitative estimate of drug-likeness (QED) is 0.555. The van der Waals surface area contributed by atoms with E-state index in [-0.39, 0.29) is 17.7 Å². The number of nitrogens with one attached hydrogen (secondary N) is 1. The summed E-state index contributed by atoms with van der Waals surface area (Å²) in [5.74, 6) is 0.0103. The average Bonchev–Trinajstić information content (AvgIpc) is 2.01. The van der Waals surface area contributed by atoms with Crippen LogP contribution in [0.15, 0.2) is 0 Å². The van der Waals surface area contributed by atoms with Gasteiger partial charge in [0.1, 0.15) is 0 Å². The van der Waals surface area contributed by atoms with Crippen molar-refractivity contribution < 1.29 is 9.90 Å². The number of carbonyl (C=O) groups excluding carboxylic acids is 1. The summed E-state index contributed by atoms with van der Waals surface area (Å²) in [6.45, 7) is 6.19. The number of aliphatic hydroxyl groups is 1. The Hall–Kier alpha value is -0.610. The molecule has 0 spiro atoms. The van der Waals surface area contributed by atoms with Gasteiger partial charge in [-0.25, -0.2) is 0 Å². The summed E-state index contributed by atoms with van der Waals surface area (Å²) < 4.78 is 0. The molecule has 0 aliphatic heterocycles. The van der Waals surface area contributed by atoms with E-state index in [1.165, 1.54) is 0 Å². The molecule has 2 atom stereocenters. The molecule has 13 heavy (non-hydrogen) atoms. The van der Waals surface area contributed by atoms with Crippen LogP contribution in [0.1, 0.15) is 20.8 Å². The van der Waals surface area contributed by atoms with E-state index >= 15 is 0 Å². The van der Waals surface area contributed by atoms with Crippen LogP contribution in [0.4, 0.5) is 0 Å². The first-order valence-electron chi connectivity index (χ1n) is 4.64. The highest BCUT2D eigenvalue weighted by atomic mass is 16.3. The minimum absolute atomic E-state index is 0.0709. The molecular weight excluding hydrogens is 168 g/mol. The van der Waals surface area contributed by atoms with E-state index in [0.29, 0.717) is 13.1 Å². The van der Waals surface area contributed by atoms with Crippen LogP contribution in [0.25, 0.3) is 0 Å². The molecule has 1 amide bonds. The van der Waals surface area contributed by atoms with Crippen LogP contribution in [0.2, 0.25) is 0 Å². The lowest BCUT2D eigenvalue weighted by atomic mass is 9.95. The number of rotatable bonds is 5. The summed E-state index contributed by atoms with van der Waals surface area (Å²) in [5, 5.41) is 11.6. The summed E-state index contributed by atoms with van der Waals surface area (Å²) in [7, 11) is 0. The van der Waals surface area contributed by atoms with E-state index < -0.39 is 6.10 Å². The molecule has 0 saturated carbocycles. The van der Waals surface area contributed by atoms with Crippen LogP contribution in [0.3, 0.4) is 0 Å². The Labute approximate surface area is 79.5 Å². The highest BCUT2D eigenvalue weighted by Gasteiger charge is 2.19. The number of hydrogen-bond acceptors (Lipinski definition) is 3. The number of nitrogens with two attached hydrogens (primary N) is 1. The molecule has 0 aliphatic carbocycles. The third-order valence-electron chi connectivity index (χ3n) is 1.97. The second kappa shape index (κ2) is 5.94. The van der Waals surface area contributed by atoms with Crippen molar-refractivity contribution in [3.05, 3.63) is 0 Å². The van der Waals surface area contributed by atoms with Gasteiger partial charge in [-0.2, -0.15) is 0 Å². The van der Waals surface area contributed by atoms with E-state index in [4.69, 9.17) is 10.8 Å². The second-order valence-electron chi connectivity index (χ2n) is 3.68. The van der Waals surface area contributed by atoms with Gasteiger partial charge in [-0.15, -0.1) is 0 Å². The normalized spacial score (nSPS) is 15.5. The molecular formula is C9H20N2O2. The molecule has 0 aromatic carbocycles. The molecule has 0 saturated heterocycles. The van der Waals surface area contributed by atoms with Gasteiger partial charge in [0.05, 0.1) is 12.0 Å². The Morgan fingerprint density at radius 1 is 1.46 bits per heavy atom. The monoisotopic (exact) mass is 188 g/mol. The largest absolute Gasteiger partial charge is 0.392 e. The molecule has 4 N–H and O–H groups in total.